The van der Waals surface area contributed by atoms with E-state index in [1.807, 2.05) is 13.0 Å². The van der Waals surface area contributed by atoms with Crippen molar-refractivity contribution in [1.29, 1.82) is 0 Å². The van der Waals surface area contributed by atoms with Crippen LogP contribution in [0.4, 0.5) is 0 Å². The van der Waals surface area contributed by atoms with Crippen LogP contribution in [0.2, 0.25) is 0 Å². The minimum absolute atomic E-state index is 0.434. The Balaban J connectivity index is 2.04. The van der Waals surface area contributed by atoms with Gasteiger partial charge in [-0.2, -0.15) is 0 Å². The predicted molar refractivity (Wildman–Crippen MR) is 84.0 cm³/mol. The van der Waals surface area contributed by atoms with Crippen LogP contribution in [0, 0.1) is 4.64 Å². The predicted octanol–water partition coefficient (Wildman–Crippen LogP) is 3.67. The van der Waals surface area contributed by atoms with Crippen LogP contribution in [-0.2, 0) is 17.8 Å². The lowest BCUT2D eigenvalue weighted by Crippen LogP contribution is -2.10. The highest BCUT2D eigenvalue weighted by atomic mass is 32.1. The second-order valence-corrected chi connectivity index (χ2v) is 5.38. The Morgan fingerprint density at radius 3 is 3.19 bits per heavy atom. The molecule has 0 bridgehead atoms. The van der Waals surface area contributed by atoms with Crippen LogP contribution in [0.15, 0.2) is 24.3 Å². The molecule has 0 radical (unpaired) electrons. The molecule has 1 N–H and O–H groups in total. The van der Waals surface area contributed by atoms with Gasteiger partial charge in [0.1, 0.15) is 22.8 Å². The van der Waals surface area contributed by atoms with Crippen molar-refractivity contribution in [1.82, 2.24) is 9.97 Å². The highest BCUT2D eigenvalue weighted by Gasteiger charge is 2.16. The fourth-order valence-electron chi connectivity index (χ4n) is 2.52. The Morgan fingerprint density at radius 2 is 2.33 bits per heavy atom. The van der Waals surface area contributed by atoms with Gasteiger partial charge in [-0.3, -0.25) is 0 Å². The molecular formula is C16H18N2O2S. The van der Waals surface area contributed by atoms with E-state index in [1.165, 1.54) is 5.56 Å². The van der Waals surface area contributed by atoms with Crippen LogP contribution in [0.1, 0.15) is 24.7 Å². The average Bonchev–Trinajstić information content (AvgIpc) is 2.52. The molecule has 0 saturated carbocycles. The maximum atomic E-state index is 5.86. The molecular weight excluding hydrogens is 284 g/mol. The van der Waals surface area contributed by atoms with E-state index in [-0.39, 0.29) is 0 Å². The smallest absolute Gasteiger partial charge is 0.134 e. The molecule has 1 aromatic carbocycles. The standard InChI is InChI=1S/C16H18N2O2S/c1-2-19-10-14-17-13(9-15(21)18-14)12-7-3-5-11-6-4-8-20-16(11)12/h3,5,7,9H,2,4,6,8,10H2,1H3,(H,17,18,21). The first kappa shape index (κ1) is 14.2. The zero-order valence-corrected chi connectivity index (χ0v) is 12.8. The molecule has 0 amide bonds. The zero-order chi connectivity index (χ0) is 14.7. The number of hydrogen-bond acceptors (Lipinski definition) is 4. The van der Waals surface area contributed by atoms with E-state index in [9.17, 15) is 0 Å². The number of benzene rings is 1. The molecule has 3 rings (SSSR count). The fourth-order valence-corrected chi connectivity index (χ4v) is 2.75. The molecule has 0 aliphatic carbocycles. The SMILES string of the molecule is CCOCc1nc(=S)cc(-c2cccc3c2OCCC3)[nH]1. The van der Waals surface area contributed by atoms with Crippen LogP contribution in [0.3, 0.4) is 0 Å². The highest BCUT2D eigenvalue weighted by molar-refractivity contribution is 7.71. The van der Waals surface area contributed by atoms with Gasteiger partial charge < -0.3 is 14.5 Å². The lowest BCUT2D eigenvalue weighted by Gasteiger charge is -2.20. The molecule has 5 heteroatoms. The summed E-state index contributed by atoms with van der Waals surface area (Å²) in [5.41, 5.74) is 3.23. The quantitative estimate of drug-likeness (QED) is 0.875. The molecule has 110 valence electrons. The number of nitrogens with one attached hydrogen (secondary N) is 1. The van der Waals surface area contributed by atoms with Gasteiger partial charge >= 0.3 is 0 Å². The number of para-hydroxylation sites is 1. The second kappa shape index (κ2) is 6.37. The van der Waals surface area contributed by atoms with Crippen LogP contribution >= 0.6 is 12.2 Å². The van der Waals surface area contributed by atoms with Crippen LogP contribution in [0.5, 0.6) is 5.75 Å². The van der Waals surface area contributed by atoms with E-state index < -0.39 is 0 Å². The maximum Gasteiger partial charge on any atom is 0.134 e. The first-order valence-corrected chi connectivity index (χ1v) is 7.62. The second-order valence-electron chi connectivity index (χ2n) is 4.96. The highest BCUT2D eigenvalue weighted by Crippen LogP contribution is 2.35. The zero-order valence-electron chi connectivity index (χ0n) is 12.0. The van der Waals surface area contributed by atoms with Crippen molar-refractivity contribution in [2.75, 3.05) is 13.2 Å². The lowest BCUT2D eigenvalue weighted by molar-refractivity contribution is 0.128. The summed E-state index contributed by atoms with van der Waals surface area (Å²) in [5, 5.41) is 0. The Morgan fingerprint density at radius 1 is 1.43 bits per heavy atom. The van der Waals surface area contributed by atoms with Crippen molar-refractivity contribution < 1.29 is 9.47 Å². The molecule has 4 nitrogen and oxygen atoms in total. The summed E-state index contributed by atoms with van der Waals surface area (Å²) in [4.78, 5) is 7.61. The van der Waals surface area contributed by atoms with Crippen molar-refractivity contribution in [2.24, 2.45) is 0 Å². The van der Waals surface area contributed by atoms with E-state index in [0.717, 1.165) is 42.3 Å². The molecule has 0 unspecified atom stereocenters. The summed E-state index contributed by atoms with van der Waals surface area (Å²) in [6.07, 6.45) is 2.12. The Bertz CT molecular complexity index is 697. The summed E-state index contributed by atoms with van der Waals surface area (Å²) < 4.78 is 11.8. The number of rotatable bonds is 4. The van der Waals surface area contributed by atoms with Gasteiger partial charge in [-0.1, -0.05) is 24.4 Å². The van der Waals surface area contributed by atoms with E-state index in [4.69, 9.17) is 21.7 Å². The Labute approximate surface area is 129 Å². The van der Waals surface area contributed by atoms with Crippen molar-refractivity contribution in [3.63, 3.8) is 0 Å². The van der Waals surface area contributed by atoms with Crippen molar-refractivity contribution in [3.05, 3.63) is 40.3 Å². The van der Waals surface area contributed by atoms with Gasteiger partial charge in [0.15, 0.2) is 0 Å². The number of hydrogen-bond donors (Lipinski definition) is 1. The summed E-state index contributed by atoms with van der Waals surface area (Å²) in [5.74, 6) is 1.70. The summed E-state index contributed by atoms with van der Waals surface area (Å²) in [7, 11) is 0. The normalized spacial score (nSPS) is 13.6. The van der Waals surface area contributed by atoms with Crippen molar-refractivity contribution in [2.45, 2.75) is 26.4 Å². The number of H-pyrrole nitrogens is 1. The van der Waals surface area contributed by atoms with Crippen LogP contribution < -0.4 is 4.74 Å². The van der Waals surface area contributed by atoms with Crippen molar-refractivity contribution in [3.8, 4) is 17.0 Å². The van der Waals surface area contributed by atoms with Gasteiger partial charge in [-0.05, 0) is 37.5 Å². The van der Waals surface area contributed by atoms with E-state index >= 15 is 0 Å². The summed E-state index contributed by atoms with van der Waals surface area (Å²) in [6, 6.07) is 8.10. The number of nitrogens with zero attached hydrogens (tertiary/aromatic N) is 1. The van der Waals surface area contributed by atoms with Crippen LogP contribution in [-0.4, -0.2) is 23.2 Å². The lowest BCUT2D eigenvalue weighted by atomic mass is 10.0. The maximum absolute atomic E-state index is 5.86. The summed E-state index contributed by atoms with van der Waals surface area (Å²) >= 11 is 5.26. The molecule has 0 saturated heterocycles. The van der Waals surface area contributed by atoms with Crippen molar-refractivity contribution >= 4 is 12.2 Å². The largest absolute Gasteiger partial charge is 0.493 e. The first-order chi connectivity index (χ1) is 10.3. The molecule has 21 heavy (non-hydrogen) atoms. The number of aromatic amines is 1. The third kappa shape index (κ3) is 3.14. The Hall–Kier alpha value is -1.72. The van der Waals surface area contributed by atoms with Gasteiger partial charge in [0.25, 0.3) is 0 Å². The fraction of sp³-hybridized carbons (Fsp3) is 0.375. The number of ether oxygens (including phenoxy) is 2. The number of fused-ring (bicyclic) bond motifs is 1. The minimum Gasteiger partial charge on any atom is -0.493 e. The van der Waals surface area contributed by atoms with Gasteiger partial charge in [0, 0.05) is 12.2 Å². The minimum atomic E-state index is 0.434. The molecule has 0 atom stereocenters. The molecule has 1 aliphatic heterocycles. The molecule has 2 aromatic rings. The molecule has 2 heterocycles. The van der Waals surface area contributed by atoms with Crippen LogP contribution in [0.25, 0.3) is 11.3 Å². The molecule has 0 fully saturated rings. The Kier molecular flexibility index (Phi) is 4.31. The molecule has 1 aliphatic rings. The number of aryl methyl sites for hydroxylation is 1. The van der Waals surface area contributed by atoms with E-state index in [2.05, 4.69) is 28.2 Å². The third-order valence-electron chi connectivity index (χ3n) is 3.46. The summed E-state index contributed by atoms with van der Waals surface area (Å²) in [6.45, 7) is 3.81. The van der Waals surface area contributed by atoms with Gasteiger partial charge in [0.2, 0.25) is 0 Å². The van der Waals surface area contributed by atoms with E-state index in [0.29, 0.717) is 17.9 Å². The van der Waals surface area contributed by atoms with Gasteiger partial charge in [-0.15, -0.1) is 0 Å². The van der Waals surface area contributed by atoms with Gasteiger partial charge in [-0.25, -0.2) is 4.98 Å². The average molecular weight is 302 g/mol. The van der Waals surface area contributed by atoms with E-state index in [1.54, 1.807) is 0 Å². The number of aromatic nitrogens is 2. The molecule has 0 spiro atoms. The first-order valence-electron chi connectivity index (χ1n) is 7.21. The molecule has 1 aromatic heterocycles. The topological polar surface area (TPSA) is 47.1 Å². The third-order valence-corrected chi connectivity index (χ3v) is 3.67. The monoisotopic (exact) mass is 302 g/mol. The van der Waals surface area contributed by atoms with Gasteiger partial charge in [0.05, 0.1) is 12.3 Å².